The van der Waals surface area contributed by atoms with Crippen LogP contribution in [0.1, 0.15) is 31.2 Å². The summed E-state index contributed by atoms with van der Waals surface area (Å²) in [7, 11) is 0. The van der Waals surface area contributed by atoms with Crippen LogP contribution in [0.25, 0.3) is 0 Å². The first-order valence-electron chi connectivity index (χ1n) is 7.61. The maximum absolute atomic E-state index is 12.4. The summed E-state index contributed by atoms with van der Waals surface area (Å²) in [6.07, 6.45) is 4.30. The van der Waals surface area contributed by atoms with Crippen LogP contribution in [0, 0.1) is 11.8 Å². The number of hydrogen-bond acceptors (Lipinski definition) is 3. The van der Waals surface area contributed by atoms with Gasteiger partial charge in [-0.1, -0.05) is 12.5 Å². The average molecular weight is 287 g/mol. The van der Waals surface area contributed by atoms with Crippen LogP contribution >= 0.6 is 0 Å². The summed E-state index contributed by atoms with van der Waals surface area (Å²) in [6.45, 7) is 0.568. The van der Waals surface area contributed by atoms with Gasteiger partial charge in [0.25, 0.3) is 0 Å². The molecule has 0 bridgehead atoms. The van der Waals surface area contributed by atoms with Gasteiger partial charge in [0.1, 0.15) is 0 Å². The van der Waals surface area contributed by atoms with E-state index in [0.29, 0.717) is 18.9 Å². The predicted octanol–water partition coefficient (Wildman–Crippen LogP) is 1.88. The highest BCUT2D eigenvalue weighted by Gasteiger charge is 2.32. The lowest BCUT2D eigenvalue weighted by Crippen LogP contribution is -2.29. The van der Waals surface area contributed by atoms with Crippen LogP contribution in [0.15, 0.2) is 18.2 Å². The third-order valence-electron chi connectivity index (χ3n) is 4.57. The van der Waals surface area contributed by atoms with Gasteiger partial charge in [-0.3, -0.25) is 9.59 Å². The van der Waals surface area contributed by atoms with Crippen molar-refractivity contribution in [1.82, 2.24) is 0 Å². The van der Waals surface area contributed by atoms with Gasteiger partial charge in [-0.25, -0.2) is 0 Å². The largest absolute Gasteiger partial charge is 0.330 e. The standard InChI is InChI=1S/C16H21N3O2/c17-9-11-2-1-3-13(11)16(21)18-12-6-4-10-5-7-15(20)19-14(10)8-12/h4,6,8,11,13H,1-3,5,7,9,17H2,(H,18,21)(H,19,20)/t11-,13-/m1/s1. The topological polar surface area (TPSA) is 84.2 Å². The molecule has 0 aromatic heterocycles. The van der Waals surface area contributed by atoms with E-state index in [9.17, 15) is 9.59 Å². The van der Waals surface area contributed by atoms with Crippen LogP contribution in [0.3, 0.4) is 0 Å². The molecule has 1 aliphatic carbocycles. The molecular formula is C16H21N3O2. The van der Waals surface area contributed by atoms with Gasteiger partial charge in [0.15, 0.2) is 0 Å². The smallest absolute Gasteiger partial charge is 0.227 e. The highest BCUT2D eigenvalue weighted by Crippen LogP contribution is 2.32. The molecule has 2 atom stereocenters. The van der Waals surface area contributed by atoms with Gasteiger partial charge < -0.3 is 16.4 Å². The number of aryl methyl sites for hydroxylation is 1. The Bertz CT molecular complexity index is 571. The van der Waals surface area contributed by atoms with E-state index in [-0.39, 0.29) is 17.7 Å². The van der Waals surface area contributed by atoms with Crippen molar-refractivity contribution in [3.63, 3.8) is 0 Å². The van der Waals surface area contributed by atoms with Gasteiger partial charge in [-0.15, -0.1) is 0 Å². The molecule has 21 heavy (non-hydrogen) atoms. The molecule has 5 nitrogen and oxygen atoms in total. The summed E-state index contributed by atoms with van der Waals surface area (Å²) in [5.41, 5.74) is 8.40. The zero-order chi connectivity index (χ0) is 14.8. The van der Waals surface area contributed by atoms with Gasteiger partial charge in [0.05, 0.1) is 0 Å². The third kappa shape index (κ3) is 2.93. The third-order valence-corrected chi connectivity index (χ3v) is 4.57. The highest BCUT2D eigenvalue weighted by atomic mass is 16.2. The normalized spacial score (nSPS) is 24.3. The van der Waals surface area contributed by atoms with Gasteiger partial charge in [0.2, 0.25) is 11.8 Å². The van der Waals surface area contributed by atoms with Crippen molar-refractivity contribution in [2.45, 2.75) is 32.1 Å². The Morgan fingerprint density at radius 2 is 2.19 bits per heavy atom. The van der Waals surface area contributed by atoms with Crippen molar-refractivity contribution in [3.8, 4) is 0 Å². The minimum atomic E-state index is 0.0145. The second-order valence-corrected chi connectivity index (χ2v) is 5.94. The molecule has 1 saturated carbocycles. The van der Waals surface area contributed by atoms with Crippen LogP contribution in [0.2, 0.25) is 0 Å². The second-order valence-electron chi connectivity index (χ2n) is 5.94. The predicted molar refractivity (Wildman–Crippen MR) is 81.9 cm³/mol. The number of rotatable bonds is 3. The van der Waals surface area contributed by atoms with Gasteiger partial charge >= 0.3 is 0 Å². The fourth-order valence-corrected chi connectivity index (χ4v) is 3.35. The number of anilines is 2. The maximum atomic E-state index is 12.4. The Kier molecular flexibility index (Phi) is 3.92. The molecule has 5 heteroatoms. The number of carbonyl (C=O) groups excluding carboxylic acids is 2. The first kappa shape index (κ1) is 14.1. The molecule has 1 aromatic rings. The molecule has 4 N–H and O–H groups in total. The van der Waals surface area contributed by atoms with Crippen molar-refractivity contribution in [2.24, 2.45) is 17.6 Å². The summed E-state index contributed by atoms with van der Waals surface area (Å²) in [5.74, 6) is 0.387. The Morgan fingerprint density at radius 1 is 1.33 bits per heavy atom. The molecule has 1 heterocycles. The zero-order valence-corrected chi connectivity index (χ0v) is 12.0. The molecule has 1 aromatic carbocycles. The van der Waals surface area contributed by atoms with Gasteiger partial charge in [-0.2, -0.15) is 0 Å². The number of benzene rings is 1. The summed E-state index contributed by atoms with van der Waals surface area (Å²) < 4.78 is 0. The van der Waals surface area contributed by atoms with Crippen molar-refractivity contribution < 1.29 is 9.59 Å². The number of amides is 2. The van der Waals surface area contributed by atoms with Crippen LogP contribution in [0.5, 0.6) is 0 Å². The molecule has 2 amide bonds. The fourth-order valence-electron chi connectivity index (χ4n) is 3.35. The van der Waals surface area contributed by atoms with Crippen molar-refractivity contribution in [1.29, 1.82) is 0 Å². The summed E-state index contributed by atoms with van der Waals surface area (Å²) in [6, 6.07) is 5.72. The van der Waals surface area contributed by atoms with Gasteiger partial charge in [0, 0.05) is 23.7 Å². The maximum Gasteiger partial charge on any atom is 0.227 e. The lowest BCUT2D eigenvalue weighted by atomic mass is 9.95. The number of fused-ring (bicyclic) bond motifs is 1. The Labute approximate surface area is 124 Å². The van der Waals surface area contributed by atoms with E-state index in [1.165, 1.54) is 0 Å². The average Bonchev–Trinajstić information content (AvgIpc) is 2.95. The molecular weight excluding hydrogens is 266 g/mol. The van der Waals surface area contributed by atoms with E-state index in [1.807, 2.05) is 18.2 Å². The number of carbonyl (C=O) groups is 2. The van der Waals surface area contributed by atoms with E-state index in [4.69, 9.17) is 5.73 Å². The summed E-state index contributed by atoms with van der Waals surface area (Å²) in [4.78, 5) is 23.8. The summed E-state index contributed by atoms with van der Waals surface area (Å²) >= 11 is 0. The highest BCUT2D eigenvalue weighted by molar-refractivity contribution is 5.97. The number of nitrogens with two attached hydrogens (primary N) is 1. The van der Waals surface area contributed by atoms with Gasteiger partial charge in [-0.05, 0) is 49.4 Å². The van der Waals surface area contributed by atoms with E-state index in [1.54, 1.807) is 0 Å². The minimum Gasteiger partial charge on any atom is -0.330 e. The quantitative estimate of drug-likeness (QED) is 0.793. The lowest BCUT2D eigenvalue weighted by molar-refractivity contribution is -0.120. The SMILES string of the molecule is NC[C@H]1CCC[C@H]1C(=O)Nc1ccc2c(c1)NC(=O)CC2. The molecule has 0 saturated heterocycles. The van der Waals surface area contributed by atoms with Crippen LogP contribution in [-0.4, -0.2) is 18.4 Å². The fraction of sp³-hybridized carbons (Fsp3) is 0.500. The molecule has 0 unspecified atom stereocenters. The molecule has 1 fully saturated rings. The van der Waals surface area contributed by atoms with E-state index >= 15 is 0 Å². The Morgan fingerprint density at radius 3 is 3.00 bits per heavy atom. The summed E-state index contributed by atoms with van der Waals surface area (Å²) in [5, 5.41) is 5.82. The van der Waals surface area contributed by atoms with Crippen molar-refractivity contribution in [3.05, 3.63) is 23.8 Å². The molecule has 1 aliphatic heterocycles. The molecule has 0 spiro atoms. The first-order chi connectivity index (χ1) is 10.2. The van der Waals surface area contributed by atoms with Crippen LogP contribution in [0.4, 0.5) is 11.4 Å². The lowest BCUT2D eigenvalue weighted by Gasteiger charge is -2.20. The second kappa shape index (κ2) is 5.85. The molecule has 3 rings (SSSR count). The molecule has 112 valence electrons. The number of nitrogens with one attached hydrogen (secondary N) is 2. The van der Waals surface area contributed by atoms with E-state index in [2.05, 4.69) is 10.6 Å². The molecule has 0 radical (unpaired) electrons. The minimum absolute atomic E-state index is 0.0145. The van der Waals surface area contributed by atoms with E-state index in [0.717, 1.165) is 42.6 Å². The van der Waals surface area contributed by atoms with Crippen molar-refractivity contribution >= 4 is 23.2 Å². The van der Waals surface area contributed by atoms with Crippen molar-refractivity contribution in [2.75, 3.05) is 17.2 Å². The Balaban J connectivity index is 1.72. The Hall–Kier alpha value is -1.88. The first-order valence-corrected chi connectivity index (χ1v) is 7.61. The number of hydrogen-bond donors (Lipinski definition) is 3. The molecule has 2 aliphatic rings. The zero-order valence-electron chi connectivity index (χ0n) is 12.0. The monoisotopic (exact) mass is 287 g/mol. The van der Waals surface area contributed by atoms with Crippen LogP contribution < -0.4 is 16.4 Å². The van der Waals surface area contributed by atoms with Crippen LogP contribution in [-0.2, 0) is 16.0 Å². The van der Waals surface area contributed by atoms with E-state index < -0.39 is 0 Å².